The van der Waals surface area contributed by atoms with Crippen molar-refractivity contribution in [2.24, 2.45) is 0 Å². The average Bonchev–Trinajstić information content (AvgIpc) is 2.84. The summed E-state index contributed by atoms with van der Waals surface area (Å²) in [5, 5.41) is 8.87. The zero-order valence-electron chi connectivity index (χ0n) is 10.3. The number of imidazole rings is 1. The number of aromatic amines is 1. The second kappa shape index (κ2) is 4.24. The van der Waals surface area contributed by atoms with Crippen LogP contribution in [0.2, 0.25) is 0 Å². The number of aryl methyl sites for hydroxylation is 1. The molecule has 0 aliphatic carbocycles. The van der Waals surface area contributed by atoms with E-state index < -0.39 is 5.97 Å². The molecule has 0 unspecified atom stereocenters. The lowest BCUT2D eigenvalue weighted by Gasteiger charge is -1.97. The Morgan fingerprint density at radius 2 is 1.89 bits per heavy atom. The van der Waals surface area contributed by atoms with Crippen LogP contribution in [0.15, 0.2) is 42.5 Å². The summed E-state index contributed by atoms with van der Waals surface area (Å²) in [5.41, 5.74) is 4.19. The number of aromatic carboxylic acids is 1. The van der Waals surface area contributed by atoms with Crippen LogP contribution in [0.3, 0.4) is 0 Å². The summed E-state index contributed by atoms with van der Waals surface area (Å²) in [6, 6.07) is 12.7. The van der Waals surface area contributed by atoms with Crippen LogP contribution in [0.5, 0.6) is 0 Å². The highest BCUT2D eigenvalue weighted by Gasteiger charge is 2.08. The van der Waals surface area contributed by atoms with Gasteiger partial charge in [0.1, 0.15) is 5.82 Å². The van der Waals surface area contributed by atoms with E-state index in [4.69, 9.17) is 5.11 Å². The molecule has 0 atom stereocenters. The molecule has 94 valence electrons. The Hall–Kier alpha value is -2.62. The highest BCUT2D eigenvalue weighted by Crippen LogP contribution is 2.22. The predicted molar refractivity (Wildman–Crippen MR) is 73.2 cm³/mol. The molecular weight excluding hydrogens is 240 g/mol. The monoisotopic (exact) mass is 252 g/mol. The zero-order chi connectivity index (χ0) is 13.4. The van der Waals surface area contributed by atoms with Crippen LogP contribution >= 0.6 is 0 Å². The number of aromatic nitrogens is 2. The van der Waals surface area contributed by atoms with E-state index in [0.29, 0.717) is 0 Å². The molecule has 0 aliphatic heterocycles. The second-order valence-electron chi connectivity index (χ2n) is 4.44. The van der Waals surface area contributed by atoms with Crippen molar-refractivity contribution in [3.63, 3.8) is 0 Å². The lowest BCUT2D eigenvalue weighted by Crippen LogP contribution is -1.95. The van der Waals surface area contributed by atoms with E-state index in [1.807, 2.05) is 25.1 Å². The normalized spacial score (nSPS) is 10.8. The maximum absolute atomic E-state index is 10.8. The summed E-state index contributed by atoms with van der Waals surface area (Å²) < 4.78 is 0. The number of H-pyrrole nitrogens is 1. The fraction of sp³-hybridized carbons (Fsp3) is 0.0667. The smallest absolute Gasteiger partial charge is 0.335 e. The van der Waals surface area contributed by atoms with E-state index >= 15 is 0 Å². The van der Waals surface area contributed by atoms with E-state index in [1.165, 1.54) is 0 Å². The summed E-state index contributed by atoms with van der Waals surface area (Å²) in [7, 11) is 0. The van der Waals surface area contributed by atoms with Gasteiger partial charge in [-0.3, -0.25) is 0 Å². The molecule has 0 saturated carbocycles. The minimum atomic E-state index is -0.924. The van der Waals surface area contributed by atoms with Crippen LogP contribution in [0.4, 0.5) is 0 Å². The summed E-state index contributed by atoms with van der Waals surface area (Å²) in [6.45, 7) is 2.01. The Morgan fingerprint density at radius 3 is 2.53 bits per heavy atom. The first-order valence-electron chi connectivity index (χ1n) is 5.94. The van der Waals surface area contributed by atoms with Gasteiger partial charge < -0.3 is 10.1 Å². The zero-order valence-corrected chi connectivity index (χ0v) is 10.3. The highest BCUT2D eigenvalue weighted by atomic mass is 16.4. The van der Waals surface area contributed by atoms with E-state index in [0.717, 1.165) is 28.0 Å². The first-order valence-corrected chi connectivity index (χ1v) is 5.94. The molecule has 19 heavy (non-hydrogen) atoms. The number of carboxylic acid groups (broad SMARTS) is 1. The molecule has 0 saturated heterocycles. The highest BCUT2D eigenvalue weighted by molar-refractivity contribution is 5.88. The van der Waals surface area contributed by atoms with Crippen molar-refractivity contribution in [1.82, 2.24) is 9.97 Å². The first-order chi connectivity index (χ1) is 9.15. The molecule has 4 heteroatoms. The van der Waals surface area contributed by atoms with Gasteiger partial charge in [0.05, 0.1) is 16.6 Å². The Kier molecular flexibility index (Phi) is 2.56. The number of rotatable bonds is 2. The molecule has 3 aromatic rings. The van der Waals surface area contributed by atoms with Gasteiger partial charge in [-0.25, -0.2) is 9.78 Å². The molecular formula is C15H12N2O2. The Bertz CT molecular complexity index is 757. The number of hydrogen-bond acceptors (Lipinski definition) is 2. The van der Waals surface area contributed by atoms with Gasteiger partial charge >= 0.3 is 5.97 Å². The summed E-state index contributed by atoms with van der Waals surface area (Å²) in [6.07, 6.45) is 0. The number of nitrogens with zero attached hydrogens (tertiary/aromatic N) is 1. The SMILES string of the molecule is Cc1cccc2[nH]c(-c3ccc(C(=O)O)cc3)nc12. The number of hydrogen-bond donors (Lipinski definition) is 2. The Morgan fingerprint density at radius 1 is 1.16 bits per heavy atom. The quantitative estimate of drug-likeness (QED) is 0.735. The van der Waals surface area contributed by atoms with Gasteiger partial charge in [0.15, 0.2) is 0 Å². The number of carboxylic acids is 1. The molecule has 1 heterocycles. The standard InChI is InChI=1S/C15H12N2O2/c1-9-3-2-4-12-13(9)17-14(16-12)10-5-7-11(8-6-10)15(18)19/h2-8H,1H3,(H,16,17)(H,18,19). The summed E-state index contributed by atoms with van der Waals surface area (Å²) in [4.78, 5) is 18.6. The first kappa shape index (κ1) is 11.5. The summed E-state index contributed by atoms with van der Waals surface area (Å²) in [5.74, 6) is -0.173. The van der Waals surface area contributed by atoms with Crippen molar-refractivity contribution in [2.75, 3.05) is 0 Å². The molecule has 0 radical (unpaired) electrons. The van der Waals surface area contributed by atoms with Crippen molar-refractivity contribution in [3.8, 4) is 11.4 Å². The molecule has 0 spiro atoms. The van der Waals surface area contributed by atoms with Crippen LogP contribution in [-0.2, 0) is 0 Å². The largest absolute Gasteiger partial charge is 0.478 e. The summed E-state index contributed by atoms with van der Waals surface area (Å²) >= 11 is 0. The Balaban J connectivity index is 2.09. The van der Waals surface area contributed by atoms with Gasteiger partial charge in [0, 0.05) is 5.56 Å². The Labute approximate surface area is 109 Å². The third kappa shape index (κ3) is 1.97. The van der Waals surface area contributed by atoms with Crippen molar-refractivity contribution in [3.05, 3.63) is 53.6 Å². The number of benzene rings is 2. The van der Waals surface area contributed by atoms with Gasteiger partial charge in [-0.15, -0.1) is 0 Å². The molecule has 0 amide bonds. The molecule has 0 aliphatic rings. The molecule has 2 aromatic carbocycles. The number of nitrogens with one attached hydrogen (secondary N) is 1. The minimum Gasteiger partial charge on any atom is -0.478 e. The fourth-order valence-corrected chi connectivity index (χ4v) is 2.08. The maximum Gasteiger partial charge on any atom is 0.335 e. The topological polar surface area (TPSA) is 66.0 Å². The molecule has 4 nitrogen and oxygen atoms in total. The molecule has 0 fully saturated rings. The third-order valence-electron chi connectivity index (χ3n) is 3.12. The van der Waals surface area contributed by atoms with Crippen molar-refractivity contribution in [2.45, 2.75) is 6.92 Å². The molecule has 0 bridgehead atoms. The van der Waals surface area contributed by atoms with Gasteiger partial charge in [0.2, 0.25) is 0 Å². The average molecular weight is 252 g/mol. The van der Waals surface area contributed by atoms with E-state index in [2.05, 4.69) is 9.97 Å². The van der Waals surface area contributed by atoms with Crippen molar-refractivity contribution < 1.29 is 9.90 Å². The molecule has 1 aromatic heterocycles. The lowest BCUT2D eigenvalue weighted by molar-refractivity contribution is 0.0697. The van der Waals surface area contributed by atoms with Crippen LogP contribution in [0.1, 0.15) is 15.9 Å². The minimum absolute atomic E-state index is 0.274. The van der Waals surface area contributed by atoms with E-state index in [1.54, 1.807) is 24.3 Å². The van der Waals surface area contributed by atoms with Crippen LogP contribution in [-0.4, -0.2) is 21.0 Å². The predicted octanol–water partition coefficient (Wildman–Crippen LogP) is 3.24. The third-order valence-corrected chi connectivity index (χ3v) is 3.12. The van der Waals surface area contributed by atoms with Crippen molar-refractivity contribution >= 4 is 17.0 Å². The fourth-order valence-electron chi connectivity index (χ4n) is 2.08. The van der Waals surface area contributed by atoms with E-state index in [-0.39, 0.29) is 5.56 Å². The number of para-hydroxylation sites is 1. The van der Waals surface area contributed by atoms with Gasteiger partial charge in [-0.05, 0) is 30.7 Å². The number of carbonyl (C=O) groups is 1. The van der Waals surface area contributed by atoms with Gasteiger partial charge in [0.25, 0.3) is 0 Å². The van der Waals surface area contributed by atoms with Crippen LogP contribution in [0.25, 0.3) is 22.4 Å². The van der Waals surface area contributed by atoms with Gasteiger partial charge in [-0.2, -0.15) is 0 Å². The van der Waals surface area contributed by atoms with E-state index in [9.17, 15) is 4.79 Å². The van der Waals surface area contributed by atoms with Crippen LogP contribution < -0.4 is 0 Å². The molecule has 3 rings (SSSR count). The maximum atomic E-state index is 10.8. The lowest BCUT2D eigenvalue weighted by atomic mass is 10.1. The molecule has 2 N–H and O–H groups in total. The van der Waals surface area contributed by atoms with Gasteiger partial charge in [-0.1, -0.05) is 24.3 Å². The van der Waals surface area contributed by atoms with Crippen LogP contribution in [0, 0.1) is 6.92 Å². The second-order valence-corrected chi connectivity index (χ2v) is 4.44. The number of fused-ring (bicyclic) bond motifs is 1. The van der Waals surface area contributed by atoms with Crippen molar-refractivity contribution in [1.29, 1.82) is 0 Å².